The maximum absolute atomic E-state index is 5.99. The summed E-state index contributed by atoms with van der Waals surface area (Å²) in [6.07, 6.45) is 0. The van der Waals surface area contributed by atoms with E-state index < -0.39 is 0 Å². The molecule has 5 heteroatoms. The van der Waals surface area contributed by atoms with Gasteiger partial charge in [0.1, 0.15) is 11.5 Å². The second kappa shape index (κ2) is 14.5. The Morgan fingerprint density at radius 1 is 0.372 bits per heavy atom. The number of hydrogen-bond donors (Lipinski definition) is 0. The molecule has 0 N–H and O–H groups in total. The van der Waals surface area contributed by atoms with Crippen molar-refractivity contribution in [1.29, 1.82) is 0 Å². The van der Waals surface area contributed by atoms with E-state index in [2.05, 4.69) is 97.1 Å². The first kappa shape index (κ1) is 32.0. The predicted molar refractivity (Wildman–Crippen MR) is 165 cm³/mol. The van der Waals surface area contributed by atoms with Crippen LogP contribution in [0.4, 0.5) is 0 Å². The molecule has 6 aromatic carbocycles. The van der Waals surface area contributed by atoms with Crippen molar-refractivity contribution >= 4 is 21.5 Å². The Kier molecular flexibility index (Phi) is 10.8. The Labute approximate surface area is 282 Å². The van der Waals surface area contributed by atoms with E-state index >= 15 is 0 Å². The van der Waals surface area contributed by atoms with Gasteiger partial charge in [0.2, 0.25) is 0 Å². The van der Waals surface area contributed by atoms with Crippen LogP contribution < -0.4 is 24.8 Å². The standard InChI is InChI=1S/2C19H13O.2ClH.Zr/c2*1-2-6-14(7-3-1)18-10-11-19(20-18)17-12-15-8-4-5-9-16(15)13-17;;;/h2*1-13H;2*1H;/q2*-1;;;+4/p-2. The minimum Gasteiger partial charge on any atom is -1.00 e. The summed E-state index contributed by atoms with van der Waals surface area (Å²) in [6.45, 7) is 0. The number of fused-ring (bicyclic) bond motifs is 2. The van der Waals surface area contributed by atoms with Gasteiger partial charge in [-0.15, -0.1) is 57.9 Å². The van der Waals surface area contributed by atoms with E-state index in [1.807, 2.05) is 60.7 Å². The molecule has 2 heterocycles. The summed E-state index contributed by atoms with van der Waals surface area (Å²) in [5, 5.41) is 5.00. The summed E-state index contributed by atoms with van der Waals surface area (Å²) in [5.41, 5.74) is 4.48. The number of rotatable bonds is 4. The maximum atomic E-state index is 5.99. The summed E-state index contributed by atoms with van der Waals surface area (Å²) in [6, 6.07) is 53.9. The second-order valence-electron chi connectivity index (χ2n) is 9.81. The van der Waals surface area contributed by atoms with Crippen molar-refractivity contribution in [3.8, 4) is 45.3 Å². The molecule has 2 aromatic heterocycles. The van der Waals surface area contributed by atoms with Crippen molar-refractivity contribution in [2.75, 3.05) is 0 Å². The van der Waals surface area contributed by atoms with E-state index in [0.29, 0.717) is 0 Å². The van der Waals surface area contributed by atoms with Gasteiger partial charge in [0.25, 0.3) is 0 Å². The fourth-order valence-corrected chi connectivity index (χ4v) is 5.09. The number of hydrogen-bond acceptors (Lipinski definition) is 2. The molecule has 8 rings (SSSR count). The molecule has 0 saturated carbocycles. The largest absolute Gasteiger partial charge is 4.00 e. The fraction of sp³-hybridized carbons (Fsp3) is 0. The zero-order valence-corrected chi connectivity index (χ0v) is 27.1. The zero-order valence-electron chi connectivity index (χ0n) is 23.1. The topological polar surface area (TPSA) is 26.3 Å². The Morgan fingerprint density at radius 3 is 1.12 bits per heavy atom. The number of halogens is 2. The van der Waals surface area contributed by atoms with Crippen LogP contribution in [0.3, 0.4) is 0 Å². The first-order valence-corrected chi connectivity index (χ1v) is 13.4. The maximum Gasteiger partial charge on any atom is 4.00 e. The van der Waals surface area contributed by atoms with E-state index in [9.17, 15) is 0 Å². The Balaban J connectivity index is 0.000000184. The van der Waals surface area contributed by atoms with Crippen molar-refractivity contribution < 1.29 is 59.9 Å². The molecule has 2 nitrogen and oxygen atoms in total. The molecule has 8 aromatic rings. The van der Waals surface area contributed by atoms with Gasteiger partial charge in [-0.2, -0.15) is 0 Å². The van der Waals surface area contributed by atoms with E-state index in [4.69, 9.17) is 8.83 Å². The predicted octanol–water partition coefficient (Wildman–Crippen LogP) is 4.98. The third-order valence-corrected chi connectivity index (χ3v) is 7.13. The summed E-state index contributed by atoms with van der Waals surface area (Å²) >= 11 is 0. The third-order valence-electron chi connectivity index (χ3n) is 7.13. The smallest absolute Gasteiger partial charge is 1.00 e. The van der Waals surface area contributed by atoms with Gasteiger partial charge >= 0.3 is 26.2 Å². The monoisotopic (exact) mass is 674 g/mol. The van der Waals surface area contributed by atoms with E-state index in [0.717, 1.165) is 45.3 Å². The third kappa shape index (κ3) is 7.03. The molecule has 208 valence electrons. The van der Waals surface area contributed by atoms with Gasteiger partial charge in [-0.25, -0.2) is 0 Å². The SMILES string of the molecule is [Cl-].[Cl-].[Zr+4].c1ccc(-c2ccc(-c3cc4ccccc4[cH-]3)o2)cc1.c1ccc(-c2ccc(-c3cc4ccccc4[cH-]3)o2)cc1. The van der Waals surface area contributed by atoms with Crippen LogP contribution >= 0.6 is 0 Å². The van der Waals surface area contributed by atoms with Gasteiger partial charge in [0.05, 0.1) is 11.5 Å². The van der Waals surface area contributed by atoms with Crippen LogP contribution in [0.25, 0.3) is 66.8 Å². The molecule has 43 heavy (non-hydrogen) atoms. The quantitative estimate of drug-likeness (QED) is 0.246. The fourth-order valence-electron chi connectivity index (χ4n) is 5.09. The van der Waals surface area contributed by atoms with Crippen molar-refractivity contribution in [3.63, 3.8) is 0 Å². The molecular formula is C38H26Cl2O2Zr. The van der Waals surface area contributed by atoms with Gasteiger partial charge in [-0.1, -0.05) is 108 Å². The second-order valence-corrected chi connectivity index (χ2v) is 9.81. The number of furan rings is 2. The molecular weight excluding hydrogens is 651 g/mol. The zero-order chi connectivity index (χ0) is 26.7. The molecule has 0 saturated heterocycles. The van der Waals surface area contributed by atoms with Crippen LogP contribution in [0.1, 0.15) is 0 Å². The van der Waals surface area contributed by atoms with Crippen LogP contribution in [-0.2, 0) is 26.2 Å². The molecule has 0 fully saturated rings. The van der Waals surface area contributed by atoms with Crippen molar-refractivity contribution in [2.45, 2.75) is 0 Å². The molecule has 0 bridgehead atoms. The van der Waals surface area contributed by atoms with Crippen LogP contribution in [0.15, 0.2) is 167 Å². The molecule has 0 spiro atoms. The van der Waals surface area contributed by atoms with Crippen LogP contribution in [-0.4, -0.2) is 0 Å². The Morgan fingerprint density at radius 2 is 0.721 bits per heavy atom. The van der Waals surface area contributed by atoms with Crippen molar-refractivity contribution in [1.82, 2.24) is 0 Å². The Hall–Kier alpha value is -3.88. The van der Waals surface area contributed by atoms with Gasteiger partial charge in [-0.05, 0) is 24.3 Å². The van der Waals surface area contributed by atoms with E-state index in [-0.39, 0.29) is 51.0 Å². The van der Waals surface area contributed by atoms with Gasteiger partial charge < -0.3 is 33.6 Å². The summed E-state index contributed by atoms with van der Waals surface area (Å²) in [5.74, 6) is 3.65. The molecule has 0 aliphatic heterocycles. The first-order valence-electron chi connectivity index (χ1n) is 13.4. The molecule has 0 radical (unpaired) electrons. The van der Waals surface area contributed by atoms with Crippen LogP contribution in [0.2, 0.25) is 0 Å². The summed E-state index contributed by atoms with van der Waals surface area (Å²) in [7, 11) is 0. The first-order chi connectivity index (χ1) is 19.8. The van der Waals surface area contributed by atoms with Gasteiger partial charge in [0, 0.05) is 11.1 Å². The van der Waals surface area contributed by atoms with Crippen LogP contribution in [0.5, 0.6) is 0 Å². The van der Waals surface area contributed by atoms with Crippen molar-refractivity contribution in [3.05, 3.63) is 158 Å². The van der Waals surface area contributed by atoms with E-state index in [1.165, 1.54) is 21.5 Å². The average Bonchev–Trinajstić information content (AvgIpc) is 3.83. The summed E-state index contributed by atoms with van der Waals surface area (Å²) in [4.78, 5) is 0. The Bertz CT molecular complexity index is 1800. The normalized spacial score (nSPS) is 10.2. The van der Waals surface area contributed by atoms with E-state index in [1.54, 1.807) is 0 Å². The minimum atomic E-state index is 0. The minimum absolute atomic E-state index is 0. The average molecular weight is 677 g/mol. The van der Waals surface area contributed by atoms with Gasteiger partial charge in [-0.3, -0.25) is 0 Å². The molecule has 0 aliphatic rings. The number of benzene rings is 4. The van der Waals surface area contributed by atoms with Gasteiger partial charge in [0.15, 0.2) is 0 Å². The molecule has 0 unspecified atom stereocenters. The van der Waals surface area contributed by atoms with Crippen molar-refractivity contribution in [2.24, 2.45) is 0 Å². The summed E-state index contributed by atoms with van der Waals surface area (Å²) < 4.78 is 12.0. The molecule has 0 amide bonds. The molecule has 0 aliphatic carbocycles. The van der Waals surface area contributed by atoms with Crippen LogP contribution in [0, 0.1) is 0 Å². The molecule has 0 atom stereocenters.